The van der Waals surface area contributed by atoms with Crippen molar-refractivity contribution in [2.75, 3.05) is 12.8 Å². The Kier molecular flexibility index (Phi) is 8.15. The van der Waals surface area contributed by atoms with Gasteiger partial charge in [0, 0.05) is 0 Å². The van der Waals surface area contributed by atoms with Gasteiger partial charge in [-0.25, -0.2) is 0 Å². The van der Waals surface area contributed by atoms with E-state index in [0.29, 0.717) is 28.4 Å². The van der Waals surface area contributed by atoms with Gasteiger partial charge in [-0.3, -0.25) is 0 Å². The van der Waals surface area contributed by atoms with E-state index in [1.54, 1.807) is 5.57 Å². The van der Waals surface area contributed by atoms with Crippen LogP contribution in [0, 0.1) is 34.5 Å². The molecular weight excluding hydrogens is 431 g/mol. The van der Waals surface area contributed by atoms with Crippen LogP contribution in [0.15, 0.2) is 11.6 Å². The summed E-state index contributed by atoms with van der Waals surface area (Å²) in [7, 11) is -1.36. The fraction of sp³-hybridized carbons (Fsp3) is 0.906. The molecule has 0 N–H and O–H groups in total. The number of Topliss-reactive ketones (excluding diaryl/α,β-unsaturated/α-hetero) is 1. The van der Waals surface area contributed by atoms with Gasteiger partial charge < -0.3 is 0 Å². The van der Waals surface area contributed by atoms with Gasteiger partial charge in [0.25, 0.3) is 0 Å². The first-order chi connectivity index (χ1) is 16.0. The van der Waals surface area contributed by atoms with Crippen molar-refractivity contribution in [2.24, 2.45) is 34.5 Å². The zero-order valence-corrected chi connectivity index (χ0v) is 24.8. The Balaban J connectivity index is 1.45. The second-order valence-corrected chi connectivity index (χ2v) is 19.7. The summed E-state index contributed by atoms with van der Waals surface area (Å²) in [6.07, 6.45) is 21.6. The number of unbranched alkanes of at least 4 members (excludes halogenated alkanes) is 1. The molecule has 2 aliphatic carbocycles. The molecule has 0 aromatic rings. The van der Waals surface area contributed by atoms with E-state index >= 15 is 0 Å². The molecule has 2 heterocycles. The number of carbonyl (C=O) groups is 1. The molecule has 0 spiro atoms. The third-order valence-electron chi connectivity index (χ3n) is 11.7. The summed E-state index contributed by atoms with van der Waals surface area (Å²) in [5.74, 6) is 3.49. The summed E-state index contributed by atoms with van der Waals surface area (Å²) >= 11 is 0. The quantitative estimate of drug-likeness (QED) is 0.179. The Labute approximate surface area is 213 Å². The van der Waals surface area contributed by atoms with Crippen LogP contribution in [-0.2, 0) is 4.79 Å². The molecule has 0 aromatic carbocycles. The van der Waals surface area contributed by atoms with Crippen molar-refractivity contribution in [3.8, 4) is 0 Å². The molecule has 6 atom stereocenters. The van der Waals surface area contributed by atoms with E-state index in [1.807, 2.05) is 0 Å². The topological polar surface area (TPSA) is 17.1 Å². The number of ketones is 1. The monoisotopic (exact) mass is 488 g/mol. The van der Waals surface area contributed by atoms with Gasteiger partial charge in [0.2, 0.25) is 0 Å². The van der Waals surface area contributed by atoms with Gasteiger partial charge in [-0.15, -0.1) is 0 Å². The van der Waals surface area contributed by atoms with Gasteiger partial charge in [-0.05, 0) is 0 Å². The van der Waals surface area contributed by atoms with Crippen LogP contribution in [0.3, 0.4) is 0 Å². The zero-order valence-electron chi connectivity index (χ0n) is 23.8. The molecule has 4 rings (SSSR count). The Hall–Kier alpha value is -0.160. The van der Waals surface area contributed by atoms with Crippen LogP contribution in [0.1, 0.15) is 125 Å². The summed E-state index contributed by atoms with van der Waals surface area (Å²) in [4.78, 5) is 12.5. The van der Waals surface area contributed by atoms with Crippen molar-refractivity contribution < 1.29 is 4.79 Å². The normalized spacial score (nSPS) is 39.9. The van der Waals surface area contributed by atoms with Gasteiger partial charge >= 0.3 is 213 Å². The molecule has 1 saturated heterocycles. The Morgan fingerprint density at radius 2 is 1.76 bits per heavy atom. The van der Waals surface area contributed by atoms with Crippen molar-refractivity contribution in [1.82, 2.24) is 0 Å². The Morgan fingerprint density at radius 1 is 1.00 bits per heavy atom. The summed E-state index contributed by atoms with van der Waals surface area (Å²) in [6.45, 7) is 17.4. The van der Waals surface area contributed by atoms with Crippen LogP contribution in [0.25, 0.3) is 0 Å². The minimum atomic E-state index is -1.36. The summed E-state index contributed by atoms with van der Waals surface area (Å²) in [5, 5.41) is 0. The second kappa shape index (κ2) is 10.3. The number of carbonyl (C=O) groups excluding carboxylic acids is 1. The predicted molar refractivity (Wildman–Crippen MR) is 153 cm³/mol. The van der Waals surface area contributed by atoms with Gasteiger partial charge in [0.05, 0.1) is 0 Å². The van der Waals surface area contributed by atoms with Crippen molar-refractivity contribution in [1.29, 1.82) is 0 Å². The second-order valence-electron chi connectivity index (χ2n) is 14.9. The van der Waals surface area contributed by atoms with Crippen LogP contribution in [0.2, 0.25) is 0 Å². The molecule has 4 aliphatic rings. The minimum absolute atomic E-state index is 0.452. The molecule has 1 nitrogen and oxygen atoms in total. The third kappa shape index (κ3) is 5.00. The predicted octanol–water partition coefficient (Wildman–Crippen LogP) is 9.28. The summed E-state index contributed by atoms with van der Waals surface area (Å²) < 4.78 is 0. The number of hydrogen-bond acceptors (Lipinski definition) is 1. The maximum atomic E-state index is 12.5. The Morgan fingerprint density at radius 3 is 2.47 bits per heavy atom. The summed E-state index contributed by atoms with van der Waals surface area (Å²) in [5.41, 5.74) is 4.91. The third-order valence-corrected chi connectivity index (χ3v) is 17.8. The standard InChI is InChI=1S/C32H57OP/c1-23(2)10-8-9-11-26-12-13-29-31(26,5)18-15-30-32(6)17-14-25(22-28(33)20-24(3)4)21-27(32)16-19-34(29,30)7/h16,23-26,29-30,34H,8-15,17-22H2,1-7H3. The molecule has 3 fully saturated rings. The van der Waals surface area contributed by atoms with E-state index in [4.69, 9.17) is 0 Å². The molecule has 0 radical (unpaired) electrons. The molecule has 34 heavy (non-hydrogen) atoms. The van der Waals surface area contributed by atoms with Gasteiger partial charge in [0.1, 0.15) is 0 Å². The first kappa shape index (κ1) is 26.9. The molecule has 6 unspecified atom stereocenters. The maximum absolute atomic E-state index is 12.5. The van der Waals surface area contributed by atoms with E-state index < -0.39 is 7.26 Å². The number of allylic oxidation sites excluding steroid dienone is 2. The molecule has 2 saturated carbocycles. The van der Waals surface area contributed by atoms with Crippen LogP contribution >= 0.6 is 7.26 Å². The average Bonchev–Trinajstić information content (AvgIpc) is 3.08. The van der Waals surface area contributed by atoms with Gasteiger partial charge in [0.15, 0.2) is 0 Å². The zero-order chi connectivity index (χ0) is 24.7. The van der Waals surface area contributed by atoms with E-state index in [1.165, 1.54) is 76.8 Å². The van der Waals surface area contributed by atoms with Crippen LogP contribution in [-0.4, -0.2) is 29.9 Å². The summed E-state index contributed by atoms with van der Waals surface area (Å²) in [6, 6.07) is 0. The van der Waals surface area contributed by atoms with E-state index in [2.05, 4.69) is 54.3 Å². The number of fused-ring (bicyclic) bond motifs is 5. The molecule has 196 valence electrons. The molecule has 0 amide bonds. The fourth-order valence-electron chi connectivity index (χ4n) is 9.95. The van der Waals surface area contributed by atoms with Crippen molar-refractivity contribution >= 4 is 13.0 Å². The fourth-order valence-corrected chi connectivity index (χ4v) is 17.0. The van der Waals surface area contributed by atoms with Crippen molar-refractivity contribution in [2.45, 2.75) is 136 Å². The molecule has 0 aromatic heterocycles. The number of rotatable bonds is 9. The van der Waals surface area contributed by atoms with Crippen LogP contribution in [0.5, 0.6) is 0 Å². The first-order valence-electron chi connectivity index (χ1n) is 15.2. The van der Waals surface area contributed by atoms with Gasteiger partial charge in [-0.2, -0.15) is 0 Å². The molecule has 2 heteroatoms. The molecular formula is C32H57OP. The van der Waals surface area contributed by atoms with Gasteiger partial charge in [-0.1, -0.05) is 0 Å². The SMILES string of the molecule is CC(C)CCCCC1CCC2C1(C)CCC1C3(C)CCC(CC(=O)CC(C)C)CC3=CC[PH]12C. The molecule has 0 bridgehead atoms. The number of hydrogen-bond donors (Lipinski definition) is 0. The van der Waals surface area contributed by atoms with E-state index in [0.717, 1.165) is 36.0 Å². The molecule has 2 aliphatic heterocycles. The van der Waals surface area contributed by atoms with E-state index in [9.17, 15) is 4.79 Å². The Bertz CT molecular complexity index is 767. The average molecular weight is 489 g/mol. The van der Waals surface area contributed by atoms with E-state index in [-0.39, 0.29) is 0 Å². The first-order valence-corrected chi connectivity index (χ1v) is 18.1. The van der Waals surface area contributed by atoms with Crippen molar-refractivity contribution in [3.63, 3.8) is 0 Å². The van der Waals surface area contributed by atoms with Crippen LogP contribution < -0.4 is 0 Å². The van der Waals surface area contributed by atoms with Crippen molar-refractivity contribution in [3.05, 3.63) is 11.6 Å². The van der Waals surface area contributed by atoms with Crippen LogP contribution in [0.4, 0.5) is 0 Å².